The summed E-state index contributed by atoms with van der Waals surface area (Å²) in [7, 11) is 2.15. The Morgan fingerprint density at radius 3 is 2.80 bits per heavy atom. The van der Waals surface area contributed by atoms with Crippen LogP contribution in [0, 0.1) is 5.82 Å². The van der Waals surface area contributed by atoms with E-state index in [0.717, 1.165) is 30.9 Å². The van der Waals surface area contributed by atoms with Gasteiger partial charge >= 0.3 is 0 Å². The zero-order chi connectivity index (χ0) is 14.1. The van der Waals surface area contributed by atoms with Crippen molar-refractivity contribution in [3.63, 3.8) is 0 Å². The van der Waals surface area contributed by atoms with Gasteiger partial charge in [0.15, 0.2) is 0 Å². The van der Waals surface area contributed by atoms with Gasteiger partial charge in [0.2, 0.25) is 0 Å². The molecular formula is C16H24FN3. The van der Waals surface area contributed by atoms with Crippen molar-refractivity contribution >= 4 is 5.69 Å². The zero-order valence-corrected chi connectivity index (χ0v) is 12.4. The molecular weight excluding hydrogens is 253 g/mol. The highest BCUT2D eigenvalue weighted by Gasteiger charge is 2.26. The first kappa shape index (κ1) is 13.8. The maximum atomic E-state index is 14.2. The summed E-state index contributed by atoms with van der Waals surface area (Å²) in [5.41, 5.74) is 1.90. The van der Waals surface area contributed by atoms with Crippen LogP contribution in [0.3, 0.4) is 0 Å². The van der Waals surface area contributed by atoms with Crippen LogP contribution in [0.25, 0.3) is 0 Å². The monoisotopic (exact) mass is 277 g/mol. The van der Waals surface area contributed by atoms with E-state index in [1.807, 2.05) is 6.07 Å². The number of nitrogens with one attached hydrogen (secondary N) is 1. The Bertz CT molecular complexity index is 473. The summed E-state index contributed by atoms with van der Waals surface area (Å²) >= 11 is 0. The summed E-state index contributed by atoms with van der Waals surface area (Å²) in [5.74, 6) is -0.0817. The normalized spacial score (nSPS) is 24.1. The van der Waals surface area contributed by atoms with Crippen molar-refractivity contribution in [2.75, 3.05) is 31.6 Å². The fraction of sp³-hybridized carbons (Fsp3) is 0.625. The molecule has 0 bridgehead atoms. The third-order valence-corrected chi connectivity index (χ3v) is 4.38. The van der Waals surface area contributed by atoms with Gasteiger partial charge < -0.3 is 15.1 Å². The minimum Gasteiger partial charge on any atom is -0.366 e. The maximum Gasteiger partial charge on any atom is 0.129 e. The van der Waals surface area contributed by atoms with E-state index in [4.69, 9.17) is 0 Å². The number of benzene rings is 1. The summed E-state index contributed by atoms with van der Waals surface area (Å²) in [6, 6.07) is 6.50. The first-order valence-corrected chi connectivity index (χ1v) is 7.61. The molecule has 1 aromatic rings. The molecule has 1 saturated heterocycles. The highest BCUT2D eigenvalue weighted by Crippen LogP contribution is 2.28. The minimum atomic E-state index is -0.0817. The van der Waals surface area contributed by atoms with Crippen molar-refractivity contribution in [3.05, 3.63) is 29.6 Å². The molecule has 3 nitrogen and oxygen atoms in total. The Morgan fingerprint density at radius 2 is 2.10 bits per heavy atom. The highest BCUT2D eigenvalue weighted by molar-refractivity contribution is 5.55. The molecule has 1 heterocycles. The molecule has 3 rings (SSSR count). The molecule has 0 aromatic heterocycles. The van der Waals surface area contributed by atoms with E-state index >= 15 is 0 Å². The van der Waals surface area contributed by atoms with E-state index in [9.17, 15) is 4.39 Å². The van der Waals surface area contributed by atoms with Crippen molar-refractivity contribution in [2.45, 2.75) is 38.4 Å². The third kappa shape index (κ3) is 2.96. The number of nitrogens with zero attached hydrogens (tertiary/aromatic N) is 2. The molecule has 1 saturated carbocycles. The molecule has 0 spiro atoms. The molecule has 1 aliphatic heterocycles. The van der Waals surface area contributed by atoms with Crippen molar-refractivity contribution in [3.8, 4) is 0 Å². The van der Waals surface area contributed by atoms with E-state index in [1.54, 1.807) is 6.07 Å². The molecule has 1 N–H and O–H groups in total. The highest BCUT2D eigenvalue weighted by atomic mass is 19.1. The smallest absolute Gasteiger partial charge is 0.129 e. The van der Waals surface area contributed by atoms with Crippen LogP contribution in [0.15, 0.2) is 18.2 Å². The molecule has 4 heteroatoms. The molecule has 110 valence electrons. The van der Waals surface area contributed by atoms with Gasteiger partial charge in [-0.1, -0.05) is 6.07 Å². The van der Waals surface area contributed by atoms with Crippen molar-refractivity contribution in [1.82, 2.24) is 10.2 Å². The van der Waals surface area contributed by atoms with Gasteiger partial charge in [0.05, 0.1) is 0 Å². The lowest BCUT2D eigenvalue weighted by Gasteiger charge is -2.40. The Balaban J connectivity index is 1.81. The standard InChI is InChI=1S/C16H24FN3/c1-12-11-19(2)8-9-20(12)16-5-3-4-15(17)14(16)10-18-13-6-7-13/h3-5,12-13,18H,6-11H2,1-2H3. The second-order valence-corrected chi connectivity index (χ2v) is 6.20. The SMILES string of the molecule is CC1CN(C)CCN1c1cccc(F)c1CNC1CC1. The number of rotatable bonds is 4. The van der Waals surface area contributed by atoms with Crippen molar-refractivity contribution in [1.29, 1.82) is 0 Å². The zero-order valence-electron chi connectivity index (χ0n) is 12.4. The number of piperazine rings is 1. The Labute approximate surface area is 120 Å². The lowest BCUT2D eigenvalue weighted by Crippen LogP contribution is -2.51. The van der Waals surface area contributed by atoms with Gasteiger partial charge in [0.25, 0.3) is 0 Å². The minimum absolute atomic E-state index is 0.0817. The number of likely N-dealkylation sites (N-methyl/N-ethyl adjacent to an activating group) is 1. The second kappa shape index (κ2) is 5.70. The van der Waals surface area contributed by atoms with Crippen LogP contribution in [0.1, 0.15) is 25.3 Å². The average Bonchev–Trinajstić information content (AvgIpc) is 3.21. The first-order valence-electron chi connectivity index (χ1n) is 7.61. The van der Waals surface area contributed by atoms with E-state index in [2.05, 4.69) is 35.2 Å². The molecule has 2 fully saturated rings. The molecule has 1 atom stereocenters. The van der Waals surface area contributed by atoms with Crippen LogP contribution in [-0.2, 0) is 6.54 Å². The number of anilines is 1. The Morgan fingerprint density at radius 1 is 1.30 bits per heavy atom. The number of hydrogen-bond donors (Lipinski definition) is 1. The third-order valence-electron chi connectivity index (χ3n) is 4.38. The van der Waals surface area contributed by atoms with E-state index < -0.39 is 0 Å². The Hall–Kier alpha value is -1.13. The van der Waals surface area contributed by atoms with E-state index in [0.29, 0.717) is 18.6 Å². The quantitative estimate of drug-likeness (QED) is 0.910. The largest absolute Gasteiger partial charge is 0.366 e. The molecule has 20 heavy (non-hydrogen) atoms. The van der Waals surface area contributed by atoms with Gasteiger partial charge in [-0.2, -0.15) is 0 Å². The van der Waals surface area contributed by atoms with Gasteiger partial charge in [-0.25, -0.2) is 4.39 Å². The van der Waals surface area contributed by atoms with Crippen molar-refractivity contribution in [2.24, 2.45) is 0 Å². The predicted octanol–water partition coefficient (Wildman–Crippen LogP) is 2.22. The molecule has 2 aliphatic rings. The second-order valence-electron chi connectivity index (χ2n) is 6.20. The topological polar surface area (TPSA) is 18.5 Å². The maximum absolute atomic E-state index is 14.2. The molecule has 0 amide bonds. The predicted molar refractivity (Wildman–Crippen MR) is 80.6 cm³/mol. The van der Waals surface area contributed by atoms with E-state index in [1.165, 1.54) is 12.8 Å². The van der Waals surface area contributed by atoms with Crippen molar-refractivity contribution < 1.29 is 4.39 Å². The summed E-state index contributed by atoms with van der Waals surface area (Å²) in [6.45, 7) is 5.91. The molecule has 0 radical (unpaired) electrons. The van der Waals surface area contributed by atoms with Crippen LogP contribution >= 0.6 is 0 Å². The van der Waals surface area contributed by atoms with Crippen LogP contribution < -0.4 is 10.2 Å². The van der Waals surface area contributed by atoms with Crippen LogP contribution in [0.5, 0.6) is 0 Å². The van der Waals surface area contributed by atoms with Crippen LogP contribution in [0.2, 0.25) is 0 Å². The average molecular weight is 277 g/mol. The molecule has 1 aliphatic carbocycles. The summed E-state index contributed by atoms with van der Waals surface area (Å²) in [4.78, 5) is 4.69. The van der Waals surface area contributed by atoms with Gasteiger partial charge in [-0.15, -0.1) is 0 Å². The fourth-order valence-corrected chi connectivity index (χ4v) is 3.02. The Kier molecular flexibility index (Phi) is 3.94. The van der Waals surface area contributed by atoms with Crippen LogP contribution in [0.4, 0.5) is 10.1 Å². The number of halogens is 1. The molecule has 1 unspecified atom stereocenters. The lowest BCUT2D eigenvalue weighted by atomic mass is 10.1. The first-order chi connectivity index (χ1) is 9.65. The summed E-state index contributed by atoms with van der Waals surface area (Å²) in [5, 5.41) is 3.44. The molecule has 1 aromatic carbocycles. The fourth-order valence-electron chi connectivity index (χ4n) is 3.02. The lowest BCUT2D eigenvalue weighted by molar-refractivity contribution is 0.275. The van der Waals surface area contributed by atoms with Gasteiger partial charge in [-0.3, -0.25) is 0 Å². The van der Waals surface area contributed by atoms with Crippen LogP contribution in [-0.4, -0.2) is 43.7 Å². The van der Waals surface area contributed by atoms with E-state index in [-0.39, 0.29) is 5.82 Å². The van der Waals surface area contributed by atoms with Gasteiger partial charge in [-0.05, 0) is 38.9 Å². The summed E-state index contributed by atoms with van der Waals surface area (Å²) in [6.07, 6.45) is 2.46. The summed E-state index contributed by atoms with van der Waals surface area (Å²) < 4.78 is 14.2. The number of hydrogen-bond acceptors (Lipinski definition) is 3. The van der Waals surface area contributed by atoms with Gasteiger partial charge in [0.1, 0.15) is 5.82 Å². The van der Waals surface area contributed by atoms with Gasteiger partial charge in [0, 0.05) is 49.5 Å².